The first kappa shape index (κ1) is 20.9. The van der Waals surface area contributed by atoms with E-state index >= 15 is 0 Å². The Hall–Kier alpha value is -1.79. The fourth-order valence-corrected chi connectivity index (χ4v) is 4.35. The Morgan fingerprint density at radius 1 is 1.14 bits per heavy atom. The molecule has 2 saturated heterocycles. The quantitative estimate of drug-likeness (QED) is 0.556. The number of nitrogens with one attached hydrogen (secondary N) is 2. The minimum atomic E-state index is 0.292. The van der Waals surface area contributed by atoms with Gasteiger partial charge < -0.3 is 20.3 Å². The summed E-state index contributed by atoms with van der Waals surface area (Å²) in [6.45, 7) is 6.51. The van der Waals surface area contributed by atoms with E-state index in [1.807, 2.05) is 13.1 Å². The number of nitrogens with zero attached hydrogens (tertiary/aromatic N) is 3. The van der Waals surface area contributed by atoms with Gasteiger partial charge in [-0.1, -0.05) is 18.2 Å². The van der Waals surface area contributed by atoms with E-state index in [1.165, 1.54) is 44.3 Å². The number of methoxy groups -OCH3 is 1. The fourth-order valence-electron chi connectivity index (χ4n) is 4.35. The van der Waals surface area contributed by atoms with E-state index < -0.39 is 0 Å². The number of para-hydroxylation sites is 1. The highest BCUT2D eigenvalue weighted by Crippen LogP contribution is 2.31. The van der Waals surface area contributed by atoms with E-state index in [1.54, 1.807) is 7.11 Å². The molecule has 6 nitrogen and oxygen atoms in total. The van der Waals surface area contributed by atoms with E-state index in [9.17, 15) is 0 Å². The smallest absolute Gasteiger partial charge is 0.191 e. The second-order valence-corrected chi connectivity index (χ2v) is 8.08. The zero-order valence-corrected chi connectivity index (χ0v) is 17.8. The summed E-state index contributed by atoms with van der Waals surface area (Å²) in [6, 6.07) is 8.69. The van der Waals surface area contributed by atoms with Crippen molar-refractivity contribution in [1.82, 2.24) is 20.4 Å². The van der Waals surface area contributed by atoms with Crippen molar-refractivity contribution in [3.8, 4) is 5.75 Å². The van der Waals surface area contributed by atoms with E-state index in [0.29, 0.717) is 6.04 Å². The van der Waals surface area contributed by atoms with Gasteiger partial charge in [0.15, 0.2) is 5.96 Å². The van der Waals surface area contributed by atoms with Crippen LogP contribution in [0.25, 0.3) is 0 Å². The molecule has 2 heterocycles. The third-order valence-electron chi connectivity index (χ3n) is 6.16. The molecule has 2 N–H and O–H groups in total. The molecule has 2 fully saturated rings. The molecule has 3 rings (SSSR count). The lowest BCUT2D eigenvalue weighted by molar-refractivity contribution is 0.219. The number of likely N-dealkylation sites (tertiary alicyclic amines) is 2. The largest absolute Gasteiger partial charge is 0.496 e. The molecule has 1 aromatic rings. The van der Waals surface area contributed by atoms with Gasteiger partial charge in [-0.3, -0.25) is 9.89 Å². The Balaban J connectivity index is 1.59. The fraction of sp³-hybridized carbons (Fsp3) is 0.682. The lowest BCUT2D eigenvalue weighted by Gasteiger charge is -2.31. The van der Waals surface area contributed by atoms with Crippen molar-refractivity contribution < 1.29 is 4.74 Å². The van der Waals surface area contributed by atoms with Gasteiger partial charge in [0.2, 0.25) is 0 Å². The maximum absolute atomic E-state index is 5.65. The van der Waals surface area contributed by atoms with Crippen molar-refractivity contribution in [1.29, 1.82) is 0 Å². The molecule has 1 aromatic carbocycles. The zero-order chi connectivity index (χ0) is 19.8. The van der Waals surface area contributed by atoms with Crippen molar-refractivity contribution in [2.75, 3.05) is 60.5 Å². The molecule has 0 saturated carbocycles. The third kappa shape index (κ3) is 5.61. The number of hydrogen-bond donors (Lipinski definition) is 2. The predicted octanol–water partition coefficient (Wildman–Crippen LogP) is 2.34. The van der Waals surface area contributed by atoms with Crippen LogP contribution in [0.1, 0.15) is 37.3 Å². The highest BCUT2D eigenvalue weighted by molar-refractivity contribution is 5.79. The number of aliphatic imine (C=N–C) groups is 1. The molecule has 0 radical (unpaired) electrons. The molecule has 1 atom stereocenters. The summed E-state index contributed by atoms with van der Waals surface area (Å²) in [5.41, 5.74) is 1.25. The van der Waals surface area contributed by atoms with Crippen LogP contribution >= 0.6 is 0 Å². The average Bonchev–Trinajstić information content (AvgIpc) is 3.26. The molecule has 0 aromatic heterocycles. The van der Waals surface area contributed by atoms with Gasteiger partial charge in [-0.05, 0) is 70.9 Å². The second-order valence-electron chi connectivity index (χ2n) is 8.08. The molecule has 156 valence electrons. The zero-order valence-electron chi connectivity index (χ0n) is 17.8. The normalized spacial score (nSPS) is 20.9. The average molecular weight is 388 g/mol. The number of hydrogen-bond acceptors (Lipinski definition) is 4. The summed E-state index contributed by atoms with van der Waals surface area (Å²) in [4.78, 5) is 9.44. The van der Waals surface area contributed by atoms with E-state index in [4.69, 9.17) is 4.74 Å². The molecule has 2 aliphatic heterocycles. The Kier molecular flexibility index (Phi) is 7.98. The van der Waals surface area contributed by atoms with Crippen LogP contribution in [-0.4, -0.2) is 76.2 Å². The minimum Gasteiger partial charge on any atom is -0.496 e. The summed E-state index contributed by atoms with van der Waals surface area (Å²) < 4.78 is 5.65. The SMILES string of the molecule is CN=C(NCC1CCN(C)CC1)NCC(c1ccccc1OC)N1CCCC1. The molecule has 0 spiro atoms. The second kappa shape index (κ2) is 10.7. The van der Waals surface area contributed by atoms with Gasteiger partial charge in [0, 0.05) is 25.7 Å². The van der Waals surface area contributed by atoms with Gasteiger partial charge >= 0.3 is 0 Å². The Morgan fingerprint density at radius 3 is 2.54 bits per heavy atom. The van der Waals surface area contributed by atoms with Crippen LogP contribution < -0.4 is 15.4 Å². The number of ether oxygens (including phenoxy) is 1. The van der Waals surface area contributed by atoms with Gasteiger partial charge in [-0.25, -0.2) is 0 Å². The topological polar surface area (TPSA) is 52.1 Å². The molecule has 1 unspecified atom stereocenters. The monoisotopic (exact) mass is 387 g/mol. The molecular formula is C22H37N5O. The van der Waals surface area contributed by atoms with Crippen LogP contribution in [0.3, 0.4) is 0 Å². The first-order chi connectivity index (χ1) is 13.7. The number of guanidine groups is 1. The molecule has 0 aliphatic carbocycles. The summed E-state index contributed by atoms with van der Waals surface area (Å²) in [5, 5.41) is 7.13. The summed E-state index contributed by atoms with van der Waals surface area (Å²) in [7, 11) is 5.83. The maximum atomic E-state index is 5.65. The molecule has 0 bridgehead atoms. The molecular weight excluding hydrogens is 350 g/mol. The first-order valence-corrected chi connectivity index (χ1v) is 10.7. The van der Waals surface area contributed by atoms with Crippen LogP contribution in [-0.2, 0) is 0 Å². The summed E-state index contributed by atoms with van der Waals surface area (Å²) >= 11 is 0. The molecule has 0 amide bonds. The summed E-state index contributed by atoms with van der Waals surface area (Å²) in [5.74, 6) is 2.60. The lowest BCUT2D eigenvalue weighted by Crippen LogP contribution is -2.45. The highest BCUT2D eigenvalue weighted by atomic mass is 16.5. The number of benzene rings is 1. The predicted molar refractivity (Wildman–Crippen MR) is 116 cm³/mol. The summed E-state index contributed by atoms with van der Waals surface area (Å²) in [6.07, 6.45) is 5.07. The first-order valence-electron chi connectivity index (χ1n) is 10.7. The van der Waals surface area contributed by atoms with Crippen LogP contribution in [0, 0.1) is 5.92 Å². The van der Waals surface area contributed by atoms with Crippen LogP contribution in [0.15, 0.2) is 29.3 Å². The van der Waals surface area contributed by atoms with Crippen molar-refractivity contribution in [3.63, 3.8) is 0 Å². The van der Waals surface area contributed by atoms with Gasteiger partial charge in [-0.15, -0.1) is 0 Å². The standard InChI is InChI=1S/C22H37N5O/c1-23-22(24-16-18-10-14-26(2)15-11-18)25-17-20(27-12-6-7-13-27)19-8-4-5-9-21(19)28-3/h4-5,8-9,18,20H,6-7,10-17H2,1-3H3,(H2,23,24,25). The van der Waals surface area contributed by atoms with Crippen LogP contribution in [0.2, 0.25) is 0 Å². The van der Waals surface area contributed by atoms with E-state index in [2.05, 4.69) is 50.7 Å². The Labute approximate surface area is 170 Å². The molecule has 28 heavy (non-hydrogen) atoms. The van der Waals surface area contributed by atoms with Crippen molar-refractivity contribution in [2.45, 2.75) is 31.7 Å². The minimum absolute atomic E-state index is 0.292. The van der Waals surface area contributed by atoms with E-state index in [0.717, 1.165) is 43.8 Å². The molecule has 2 aliphatic rings. The van der Waals surface area contributed by atoms with Gasteiger partial charge in [-0.2, -0.15) is 0 Å². The van der Waals surface area contributed by atoms with Crippen molar-refractivity contribution in [3.05, 3.63) is 29.8 Å². The maximum Gasteiger partial charge on any atom is 0.191 e. The van der Waals surface area contributed by atoms with E-state index in [-0.39, 0.29) is 0 Å². The Morgan fingerprint density at radius 2 is 1.86 bits per heavy atom. The van der Waals surface area contributed by atoms with Gasteiger partial charge in [0.05, 0.1) is 13.2 Å². The van der Waals surface area contributed by atoms with Crippen molar-refractivity contribution in [2.24, 2.45) is 10.9 Å². The number of rotatable bonds is 7. The van der Waals surface area contributed by atoms with Gasteiger partial charge in [0.25, 0.3) is 0 Å². The van der Waals surface area contributed by atoms with Crippen LogP contribution in [0.4, 0.5) is 0 Å². The van der Waals surface area contributed by atoms with Gasteiger partial charge in [0.1, 0.15) is 5.75 Å². The highest BCUT2D eigenvalue weighted by Gasteiger charge is 2.26. The third-order valence-corrected chi connectivity index (χ3v) is 6.16. The number of piperidine rings is 1. The van der Waals surface area contributed by atoms with Crippen LogP contribution in [0.5, 0.6) is 5.75 Å². The lowest BCUT2D eigenvalue weighted by atomic mass is 9.97. The Bertz CT molecular complexity index is 621. The molecule has 6 heteroatoms. The van der Waals surface area contributed by atoms with Crippen molar-refractivity contribution >= 4 is 5.96 Å².